The molecule has 0 spiro atoms. The Bertz CT molecular complexity index is 261. The molecule has 0 aliphatic carbocycles. The average Bonchev–Trinajstić information content (AvgIpc) is 1.98. The molecule has 0 saturated carbocycles. The third kappa shape index (κ3) is 4.68. The summed E-state index contributed by atoms with van der Waals surface area (Å²) in [5, 5.41) is 10.7. The summed E-state index contributed by atoms with van der Waals surface area (Å²) in [6.07, 6.45) is 0.451. The van der Waals surface area contributed by atoms with Gasteiger partial charge in [-0.1, -0.05) is 0 Å². The molecular weight excluding hydrogens is 502 g/mol. The van der Waals surface area contributed by atoms with Gasteiger partial charge in [0.05, 0.1) is 0 Å². The van der Waals surface area contributed by atoms with Crippen molar-refractivity contribution >= 4 is 22.0 Å². The first-order chi connectivity index (χ1) is 5.61. The van der Waals surface area contributed by atoms with Crippen molar-refractivity contribution in [3.8, 4) is 0 Å². The van der Waals surface area contributed by atoms with Gasteiger partial charge in [0.25, 0.3) is 0 Å². The van der Waals surface area contributed by atoms with Crippen LogP contribution in [-0.4, -0.2) is 22.0 Å². The molecule has 0 aromatic heterocycles. The standard InChI is InChI=1S/C5H5N3O2.2W/c1-2-10-5(6)4(3-9)8-7;;/h3,6H,1H3;;. The van der Waals surface area contributed by atoms with E-state index in [9.17, 15) is 4.79 Å². The molecule has 0 aromatic carbocycles. The second-order valence-corrected chi connectivity index (χ2v) is 4.26. The summed E-state index contributed by atoms with van der Waals surface area (Å²) in [6, 6.07) is 0. The molecule has 0 radical (unpaired) electrons. The van der Waals surface area contributed by atoms with Crippen LogP contribution < -0.4 is 0 Å². The van der Waals surface area contributed by atoms with Crippen LogP contribution in [0.15, 0.2) is 8.71 Å². The minimum atomic E-state index is -0.248. The van der Waals surface area contributed by atoms with E-state index in [1.807, 2.05) is 0 Å². The van der Waals surface area contributed by atoms with Crippen LogP contribution in [0.25, 0.3) is 0 Å². The van der Waals surface area contributed by atoms with Gasteiger partial charge < -0.3 is 0 Å². The molecule has 0 saturated heterocycles. The van der Waals surface area contributed by atoms with Gasteiger partial charge in [-0.25, -0.2) is 0 Å². The van der Waals surface area contributed by atoms with Crippen LogP contribution in [0.3, 0.4) is 0 Å². The van der Waals surface area contributed by atoms with E-state index in [4.69, 9.17) is 10.1 Å². The molecule has 64 valence electrons. The van der Waals surface area contributed by atoms with Gasteiger partial charge in [-0.15, -0.1) is 0 Å². The molecule has 0 heterocycles. The first-order valence-corrected chi connectivity index (χ1v) is 5.52. The first kappa shape index (κ1) is 11.9. The summed E-state index contributed by atoms with van der Waals surface area (Å²) in [5.41, 5.74) is -0.0781. The Morgan fingerprint density at radius 3 is 2.58 bits per heavy atom. The van der Waals surface area contributed by atoms with Gasteiger partial charge >= 0.3 is 91.5 Å². The van der Waals surface area contributed by atoms with E-state index >= 15 is 0 Å². The van der Waals surface area contributed by atoms with Crippen molar-refractivity contribution in [3.63, 3.8) is 0 Å². The van der Waals surface area contributed by atoms with Gasteiger partial charge in [-0.05, 0) is 0 Å². The van der Waals surface area contributed by atoms with E-state index < -0.39 is 0 Å². The van der Waals surface area contributed by atoms with E-state index in [1.165, 1.54) is 0 Å². The third-order valence-electron chi connectivity index (χ3n) is 0.739. The fourth-order valence-corrected chi connectivity index (χ4v) is 0.978. The van der Waals surface area contributed by atoms with Crippen LogP contribution in [-0.2, 0) is 48.5 Å². The van der Waals surface area contributed by atoms with Crippen molar-refractivity contribution in [3.05, 3.63) is 0 Å². The minimum absolute atomic E-state index is 0.0781. The molecule has 7 heteroatoms. The Morgan fingerprint density at radius 2 is 2.25 bits per heavy atom. The van der Waals surface area contributed by atoms with Gasteiger partial charge in [0, 0.05) is 0 Å². The predicted octanol–water partition coefficient (Wildman–Crippen LogP) is -0.0378. The van der Waals surface area contributed by atoms with Crippen LogP contribution in [0.5, 0.6) is 0 Å². The van der Waals surface area contributed by atoms with E-state index in [-0.39, 0.29) is 11.6 Å². The Morgan fingerprint density at radius 1 is 1.67 bits per heavy atom. The summed E-state index contributed by atoms with van der Waals surface area (Å²) in [4.78, 5) is 10.3. The number of hydrogen-bond donors (Lipinski definition) is 1. The molecule has 0 aliphatic rings. The van der Waals surface area contributed by atoms with E-state index in [0.717, 1.165) is 39.0 Å². The number of nitrogens with one attached hydrogen (secondary N) is 1. The Kier molecular flexibility index (Phi) is 6.30. The summed E-state index contributed by atoms with van der Waals surface area (Å²) in [5.74, 6) is -0.248. The molecule has 0 aromatic rings. The normalized spacial score (nSPS) is 10.2. The average molecular weight is 507 g/mol. The fourth-order valence-electron chi connectivity index (χ4n) is 0.362. The van der Waals surface area contributed by atoms with Crippen LogP contribution >= 0.6 is 0 Å². The molecule has 12 heavy (non-hydrogen) atoms. The number of ether oxygens (including phenoxy) is 1. The molecule has 0 unspecified atom stereocenters. The zero-order valence-corrected chi connectivity index (χ0v) is 12.0. The topological polar surface area (TPSA) is 74.9 Å². The summed E-state index contributed by atoms with van der Waals surface area (Å²) < 4.78 is 9.00. The zero-order chi connectivity index (χ0) is 9.56. The van der Waals surface area contributed by atoms with E-state index in [1.54, 1.807) is 6.92 Å². The van der Waals surface area contributed by atoms with Crippen LogP contribution in [0.2, 0.25) is 0 Å². The molecular formula is C5H5N3O2W2. The zero-order valence-electron chi connectivity index (χ0n) is 6.10. The predicted molar refractivity (Wildman–Crippen MR) is 35.4 cm³/mol. The Labute approximate surface area is 91.2 Å². The van der Waals surface area contributed by atoms with Crippen LogP contribution in [0.1, 0.15) is 6.92 Å². The van der Waals surface area contributed by atoms with Crippen molar-refractivity contribution < 1.29 is 48.5 Å². The molecule has 0 fully saturated rings. The van der Waals surface area contributed by atoms with Crippen LogP contribution in [0.4, 0.5) is 0 Å². The monoisotopic (exact) mass is 507 g/mol. The molecule has 0 aliphatic heterocycles. The van der Waals surface area contributed by atoms with Crippen molar-refractivity contribution in [2.75, 3.05) is 0 Å². The van der Waals surface area contributed by atoms with Crippen molar-refractivity contribution in [1.82, 2.24) is 0 Å². The van der Waals surface area contributed by atoms with Crippen molar-refractivity contribution in [1.29, 1.82) is 5.41 Å². The maximum atomic E-state index is 10.3. The van der Waals surface area contributed by atoms with E-state index in [0.29, 0.717) is 10.4 Å². The number of carbonyl (C=O) groups excluding carboxylic acids is 1. The first-order valence-electron chi connectivity index (χ1n) is 2.74. The summed E-state index contributed by atoms with van der Waals surface area (Å²) >= 11 is 1.99. The molecule has 0 amide bonds. The third-order valence-corrected chi connectivity index (χ3v) is 1.33. The molecule has 1 N–H and O–H groups in total. The Hall–Kier alpha value is -0.143. The number of nitrogens with zero attached hydrogens (tertiary/aromatic N) is 2. The van der Waals surface area contributed by atoms with Crippen molar-refractivity contribution in [2.45, 2.75) is 6.92 Å². The number of hydrogen-bond acceptors (Lipinski definition) is 5. The Balaban J connectivity index is 4.42. The van der Waals surface area contributed by atoms with Gasteiger partial charge in [0.15, 0.2) is 0 Å². The second-order valence-electron chi connectivity index (χ2n) is 1.61. The SMILES string of the molecule is C[C](=[W])OC(=N)C(C=O)=N[N]=[W]. The summed E-state index contributed by atoms with van der Waals surface area (Å²) in [6.45, 7) is 1.72. The van der Waals surface area contributed by atoms with Crippen LogP contribution in [0, 0.1) is 5.41 Å². The number of carbonyl (C=O) groups is 1. The number of aldehydes is 1. The van der Waals surface area contributed by atoms with Gasteiger partial charge in [0.1, 0.15) is 0 Å². The molecule has 5 nitrogen and oxygen atoms in total. The van der Waals surface area contributed by atoms with Gasteiger partial charge in [0.2, 0.25) is 0 Å². The summed E-state index contributed by atoms with van der Waals surface area (Å²) in [7, 11) is 0. The quantitative estimate of drug-likeness (QED) is 0.252. The van der Waals surface area contributed by atoms with Gasteiger partial charge in [-0.3, -0.25) is 0 Å². The van der Waals surface area contributed by atoms with Gasteiger partial charge in [-0.2, -0.15) is 0 Å². The molecule has 0 atom stereocenters. The fraction of sp³-hybridized carbons (Fsp3) is 0.200. The van der Waals surface area contributed by atoms with Crippen molar-refractivity contribution in [2.24, 2.45) is 8.71 Å². The second kappa shape index (κ2) is 6.38. The maximum absolute atomic E-state index is 10.3. The number of rotatable bonds is 4. The molecule has 0 rings (SSSR count). The van der Waals surface area contributed by atoms with E-state index in [2.05, 4.69) is 8.71 Å². The molecule has 0 bridgehead atoms.